The van der Waals surface area contributed by atoms with Gasteiger partial charge in [-0.15, -0.1) is 10.2 Å². The molecule has 0 aliphatic carbocycles. The summed E-state index contributed by atoms with van der Waals surface area (Å²) >= 11 is 7.37. The summed E-state index contributed by atoms with van der Waals surface area (Å²) in [5.41, 5.74) is 1.94. The minimum absolute atomic E-state index is 0.275. The van der Waals surface area contributed by atoms with E-state index in [2.05, 4.69) is 25.8 Å². The Morgan fingerprint density at radius 1 is 1.06 bits per heavy atom. The summed E-state index contributed by atoms with van der Waals surface area (Å²) in [6, 6.07) is 18.6. The highest BCUT2D eigenvalue weighted by Crippen LogP contribution is 2.35. The predicted molar refractivity (Wildman–Crippen MR) is 139 cm³/mol. The Hall–Kier alpha value is -3.69. The van der Waals surface area contributed by atoms with Crippen LogP contribution in [0, 0.1) is 0 Å². The van der Waals surface area contributed by atoms with Crippen LogP contribution >= 0.6 is 22.9 Å². The van der Waals surface area contributed by atoms with Gasteiger partial charge in [0, 0.05) is 16.9 Å². The van der Waals surface area contributed by atoms with E-state index in [-0.39, 0.29) is 6.61 Å². The molecule has 0 saturated carbocycles. The highest BCUT2D eigenvalue weighted by atomic mass is 35.5. The summed E-state index contributed by atoms with van der Waals surface area (Å²) in [6.45, 7) is 5.68. The van der Waals surface area contributed by atoms with Crippen molar-refractivity contribution in [1.82, 2.24) is 15.2 Å². The number of hydrogen-bond donors (Lipinski definition) is 2. The minimum Gasteiger partial charge on any atom is -0.488 e. The second-order valence-corrected chi connectivity index (χ2v) is 9.92. The van der Waals surface area contributed by atoms with Gasteiger partial charge < -0.3 is 14.8 Å². The van der Waals surface area contributed by atoms with Crippen molar-refractivity contribution >= 4 is 45.7 Å². The third-order valence-corrected chi connectivity index (χ3v) is 5.61. The first-order valence-corrected chi connectivity index (χ1v) is 12.0. The first kappa shape index (κ1) is 24.4. The minimum atomic E-state index is -0.594. The molecule has 0 saturated heterocycles. The molecule has 0 bridgehead atoms. The van der Waals surface area contributed by atoms with Crippen molar-refractivity contribution in [2.45, 2.75) is 33.0 Å². The zero-order chi connectivity index (χ0) is 24.8. The number of hydrogen-bond acceptors (Lipinski definition) is 8. The molecule has 8 nitrogen and oxygen atoms in total. The summed E-state index contributed by atoms with van der Waals surface area (Å²) in [4.78, 5) is 16.2. The lowest BCUT2D eigenvalue weighted by molar-refractivity contribution is 0.0635. The molecule has 2 aromatic heterocycles. The number of amides is 1. The van der Waals surface area contributed by atoms with Gasteiger partial charge in [0.05, 0.1) is 5.56 Å². The molecule has 0 aliphatic rings. The van der Waals surface area contributed by atoms with Gasteiger partial charge in [-0.2, -0.15) is 0 Å². The number of carbonyl (C=O) groups is 1. The topological polar surface area (TPSA) is 98.3 Å². The first-order chi connectivity index (χ1) is 16.7. The molecule has 0 atom stereocenters. The highest BCUT2D eigenvalue weighted by Gasteiger charge is 2.17. The molecule has 180 valence electrons. The monoisotopic (exact) mass is 509 g/mol. The molecule has 2 heterocycles. The van der Waals surface area contributed by atoms with Crippen molar-refractivity contribution in [2.75, 3.05) is 10.6 Å². The van der Waals surface area contributed by atoms with Crippen molar-refractivity contribution in [3.8, 4) is 16.3 Å². The summed E-state index contributed by atoms with van der Waals surface area (Å²) in [5, 5.41) is 16.5. The Bertz CT molecular complexity index is 1300. The van der Waals surface area contributed by atoms with Crippen molar-refractivity contribution in [3.63, 3.8) is 0 Å². The van der Waals surface area contributed by atoms with Gasteiger partial charge in [0.15, 0.2) is 5.01 Å². The van der Waals surface area contributed by atoms with Crippen LogP contribution in [0.25, 0.3) is 10.6 Å². The highest BCUT2D eigenvalue weighted by molar-refractivity contribution is 7.18. The Labute approximate surface area is 212 Å². The smallest absolute Gasteiger partial charge is 0.413 e. The molecule has 10 heteroatoms. The number of rotatable bonds is 7. The number of benzene rings is 2. The van der Waals surface area contributed by atoms with Gasteiger partial charge in [-0.3, -0.25) is 5.32 Å². The van der Waals surface area contributed by atoms with E-state index >= 15 is 0 Å². The Kier molecular flexibility index (Phi) is 7.48. The van der Waals surface area contributed by atoms with Gasteiger partial charge in [-0.25, -0.2) is 9.78 Å². The molecule has 2 aromatic carbocycles. The fourth-order valence-electron chi connectivity index (χ4n) is 3.01. The predicted octanol–water partition coefficient (Wildman–Crippen LogP) is 6.92. The fourth-order valence-corrected chi connectivity index (χ4v) is 3.93. The largest absolute Gasteiger partial charge is 0.488 e. The molecule has 1 amide bonds. The van der Waals surface area contributed by atoms with Crippen molar-refractivity contribution in [3.05, 3.63) is 77.4 Å². The van der Waals surface area contributed by atoms with Gasteiger partial charge in [-0.05, 0) is 74.9 Å². The van der Waals surface area contributed by atoms with Crippen molar-refractivity contribution in [2.24, 2.45) is 0 Å². The number of nitrogens with zero attached hydrogens (tertiary/aromatic N) is 3. The van der Waals surface area contributed by atoms with E-state index in [0.29, 0.717) is 21.7 Å². The Morgan fingerprint density at radius 3 is 2.60 bits per heavy atom. The molecule has 0 spiro atoms. The fraction of sp³-hybridized carbons (Fsp3) is 0.200. The lowest BCUT2D eigenvalue weighted by Gasteiger charge is -2.19. The summed E-state index contributed by atoms with van der Waals surface area (Å²) in [6.07, 6.45) is 1.05. The summed E-state index contributed by atoms with van der Waals surface area (Å²) < 4.78 is 11.4. The van der Waals surface area contributed by atoms with Gasteiger partial charge in [-0.1, -0.05) is 35.1 Å². The molecule has 0 unspecified atom stereocenters. The molecule has 2 N–H and O–H groups in total. The lowest BCUT2D eigenvalue weighted by atomic mass is 10.2. The van der Waals surface area contributed by atoms with E-state index < -0.39 is 11.7 Å². The third kappa shape index (κ3) is 7.14. The van der Waals surface area contributed by atoms with Crippen LogP contribution in [0.3, 0.4) is 0 Å². The number of nitrogens with one attached hydrogen (secondary N) is 2. The van der Waals surface area contributed by atoms with E-state index in [1.807, 2.05) is 54.6 Å². The van der Waals surface area contributed by atoms with E-state index in [0.717, 1.165) is 21.8 Å². The zero-order valence-electron chi connectivity index (χ0n) is 19.4. The SMILES string of the molecule is CC(C)(C)OC(=O)Nc1cc(COc2ccccc2-c2nnc(Nc3ccc(Cl)cc3)s2)ccn1. The van der Waals surface area contributed by atoms with Crippen LogP contribution in [-0.4, -0.2) is 26.9 Å². The average molecular weight is 510 g/mol. The number of halogens is 1. The van der Waals surface area contributed by atoms with Crippen LogP contribution in [-0.2, 0) is 11.3 Å². The molecule has 0 radical (unpaired) electrons. The molecule has 0 fully saturated rings. The molecule has 0 aliphatic heterocycles. The van der Waals surface area contributed by atoms with E-state index in [4.69, 9.17) is 21.1 Å². The number of para-hydroxylation sites is 1. The van der Waals surface area contributed by atoms with Crippen LogP contribution in [0.1, 0.15) is 26.3 Å². The van der Waals surface area contributed by atoms with E-state index in [1.54, 1.807) is 33.0 Å². The summed E-state index contributed by atoms with van der Waals surface area (Å²) in [7, 11) is 0. The molecular formula is C25H24ClN5O3S. The van der Waals surface area contributed by atoms with Crippen LogP contribution in [0.4, 0.5) is 21.4 Å². The van der Waals surface area contributed by atoms with E-state index in [1.165, 1.54) is 11.3 Å². The van der Waals surface area contributed by atoms with Crippen molar-refractivity contribution in [1.29, 1.82) is 0 Å². The van der Waals surface area contributed by atoms with Gasteiger partial charge in [0.2, 0.25) is 5.13 Å². The molecule has 35 heavy (non-hydrogen) atoms. The Balaban J connectivity index is 1.43. The summed E-state index contributed by atoms with van der Waals surface area (Å²) in [5.74, 6) is 1.05. The molecule has 4 rings (SSSR count). The van der Waals surface area contributed by atoms with Crippen LogP contribution in [0.5, 0.6) is 5.75 Å². The average Bonchev–Trinajstić information content (AvgIpc) is 3.27. The number of carbonyl (C=O) groups excluding carboxylic acids is 1. The maximum Gasteiger partial charge on any atom is 0.413 e. The van der Waals surface area contributed by atoms with Gasteiger partial charge in [0.25, 0.3) is 0 Å². The second-order valence-electron chi connectivity index (χ2n) is 8.51. The van der Waals surface area contributed by atoms with Crippen LogP contribution in [0.15, 0.2) is 66.9 Å². The first-order valence-electron chi connectivity index (χ1n) is 10.8. The molecular weight excluding hydrogens is 486 g/mol. The lowest BCUT2D eigenvalue weighted by Crippen LogP contribution is -2.27. The maximum absolute atomic E-state index is 12.0. The van der Waals surface area contributed by atoms with E-state index in [9.17, 15) is 4.79 Å². The van der Waals surface area contributed by atoms with Crippen LogP contribution in [0.2, 0.25) is 5.02 Å². The van der Waals surface area contributed by atoms with Gasteiger partial charge >= 0.3 is 6.09 Å². The van der Waals surface area contributed by atoms with Gasteiger partial charge in [0.1, 0.15) is 23.8 Å². The number of aromatic nitrogens is 3. The number of pyridine rings is 1. The quantitative estimate of drug-likeness (QED) is 0.279. The zero-order valence-corrected chi connectivity index (χ0v) is 21.0. The Morgan fingerprint density at radius 2 is 1.83 bits per heavy atom. The standard InChI is InChI=1S/C25H24ClN5O3S/c1-25(2,3)34-24(32)29-21-14-16(12-13-27-21)15-33-20-7-5-4-6-19(20)22-30-31-23(35-22)28-18-10-8-17(26)9-11-18/h4-14H,15H2,1-3H3,(H,28,31)(H,27,29,32). The molecule has 4 aromatic rings. The maximum atomic E-state index is 12.0. The second kappa shape index (κ2) is 10.7. The van der Waals surface area contributed by atoms with Crippen LogP contribution < -0.4 is 15.4 Å². The third-order valence-electron chi connectivity index (χ3n) is 4.49. The van der Waals surface area contributed by atoms with Crippen molar-refractivity contribution < 1.29 is 14.3 Å². The number of anilines is 3. The normalized spacial score (nSPS) is 11.1. The number of ether oxygens (including phenoxy) is 2.